The maximum Gasteiger partial charge on any atom is 0.0501 e. The molecule has 1 heterocycles. The minimum atomic E-state index is 0.379. The molecule has 0 amide bonds. The van der Waals surface area contributed by atoms with E-state index in [1.54, 1.807) is 0 Å². The fourth-order valence-corrected chi connectivity index (χ4v) is 2.12. The van der Waals surface area contributed by atoms with Crippen molar-refractivity contribution in [3.63, 3.8) is 0 Å². The van der Waals surface area contributed by atoms with Gasteiger partial charge in [-0.1, -0.05) is 6.92 Å². The fourth-order valence-electron chi connectivity index (χ4n) is 2.12. The molecule has 1 aliphatic rings. The molecular formula is C12H27N3. The van der Waals surface area contributed by atoms with Gasteiger partial charge in [0.25, 0.3) is 0 Å². The molecule has 1 aliphatic heterocycles. The maximum absolute atomic E-state index is 2.62. The molecule has 1 fully saturated rings. The molecule has 0 aromatic heterocycles. The molecule has 0 radical (unpaired) electrons. The number of rotatable bonds is 4. The first-order chi connectivity index (χ1) is 6.95. The van der Waals surface area contributed by atoms with Crippen molar-refractivity contribution in [2.45, 2.75) is 32.7 Å². The first kappa shape index (κ1) is 12.9. The van der Waals surface area contributed by atoms with E-state index in [0.29, 0.717) is 5.54 Å². The molecule has 0 aliphatic carbocycles. The van der Waals surface area contributed by atoms with Crippen molar-refractivity contribution in [2.75, 3.05) is 46.9 Å². The minimum Gasteiger partial charge on any atom is -0.297 e. The van der Waals surface area contributed by atoms with E-state index < -0.39 is 0 Å². The third kappa shape index (κ3) is 3.74. The molecule has 0 atom stereocenters. The predicted molar refractivity (Wildman–Crippen MR) is 66.1 cm³/mol. The monoisotopic (exact) mass is 213 g/mol. The summed E-state index contributed by atoms with van der Waals surface area (Å²) in [6.07, 6.45) is 1.24. The smallest absolute Gasteiger partial charge is 0.0501 e. The van der Waals surface area contributed by atoms with E-state index in [0.717, 1.165) is 6.67 Å². The molecule has 0 aromatic rings. The summed E-state index contributed by atoms with van der Waals surface area (Å²) >= 11 is 0. The van der Waals surface area contributed by atoms with Gasteiger partial charge in [0.05, 0.1) is 6.67 Å². The molecular weight excluding hydrogens is 186 g/mol. The molecule has 0 bridgehead atoms. The third-order valence-corrected chi connectivity index (χ3v) is 3.58. The Balaban J connectivity index is 2.36. The van der Waals surface area contributed by atoms with Gasteiger partial charge in [-0.3, -0.25) is 14.7 Å². The molecule has 3 nitrogen and oxygen atoms in total. The van der Waals surface area contributed by atoms with E-state index in [1.807, 2.05) is 0 Å². The highest BCUT2D eigenvalue weighted by atomic mass is 15.3. The van der Waals surface area contributed by atoms with Crippen molar-refractivity contribution in [1.29, 1.82) is 0 Å². The van der Waals surface area contributed by atoms with E-state index in [9.17, 15) is 0 Å². The lowest BCUT2D eigenvalue weighted by Gasteiger charge is -2.44. The average molecular weight is 213 g/mol. The van der Waals surface area contributed by atoms with Gasteiger partial charge in [0.15, 0.2) is 0 Å². The van der Waals surface area contributed by atoms with E-state index in [4.69, 9.17) is 0 Å². The second-order valence-electron chi connectivity index (χ2n) is 5.49. The van der Waals surface area contributed by atoms with Crippen molar-refractivity contribution < 1.29 is 0 Å². The topological polar surface area (TPSA) is 9.72 Å². The van der Waals surface area contributed by atoms with Gasteiger partial charge in [-0.25, -0.2) is 0 Å². The molecule has 1 rings (SSSR count). The number of nitrogens with zero attached hydrogens (tertiary/aromatic N) is 3. The van der Waals surface area contributed by atoms with Crippen molar-refractivity contribution in [1.82, 2.24) is 14.7 Å². The zero-order valence-corrected chi connectivity index (χ0v) is 11.1. The number of hydrogen-bond acceptors (Lipinski definition) is 3. The van der Waals surface area contributed by atoms with Crippen LogP contribution in [0.2, 0.25) is 0 Å². The van der Waals surface area contributed by atoms with Gasteiger partial charge in [0.2, 0.25) is 0 Å². The lowest BCUT2D eigenvalue weighted by Crippen LogP contribution is -2.55. The zero-order chi connectivity index (χ0) is 11.5. The summed E-state index contributed by atoms with van der Waals surface area (Å²) in [4.78, 5) is 7.40. The molecule has 1 saturated heterocycles. The van der Waals surface area contributed by atoms with Crippen molar-refractivity contribution in [3.05, 3.63) is 0 Å². The van der Waals surface area contributed by atoms with Gasteiger partial charge in [-0.05, 0) is 34.4 Å². The summed E-state index contributed by atoms with van der Waals surface area (Å²) in [6.45, 7) is 12.9. The average Bonchev–Trinajstić information content (AvgIpc) is 2.18. The Morgan fingerprint density at radius 2 is 1.60 bits per heavy atom. The summed E-state index contributed by atoms with van der Waals surface area (Å²) < 4.78 is 0. The second kappa shape index (κ2) is 5.28. The van der Waals surface area contributed by atoms with E-state index in [-0.39, 0.29) is 0 Å². The van der Waals surface area contributed by atoms with Crippen LogP contribution in [0.15, 0.2) is 0 Å². The Labute approximate surface area is 95.0 Å². The largest absolute Gasteiger partial charge is 0.297 e. The van der Waals surface area contributed by atoms with Crippen molar-refractivity contribution >= 4 is 0 Å². The Hall–Kier alpha value is -0.120. The van der Waals surface area contributed by atoms with Gasteiger partial charge in [0, 0.05) is 31.7 Å². The Bertz CT molecular complexity index is 181. The van der Waals surface area contributed by atoms with Crippen LogP contribution in [0, 0.1) is 0 Å². The van der Waals surface area contributed by atoms with Crippen LogP contribution in [0.5, 0.6) is 0 Å². The maximum atomic E-state index is 2.62. The predicted octanol–water partition coefficient (Wildman–Crippen LogP) is 1.31. The first-order valence-corrected chi connectivity index (χ1v) is 6.08. The Morgan fingerprint density at radius 3 is 2.00 bits per heavy atom. The van der Waals surface area contributed by atoms with Crippen LogP contribution < -0.4 is 0 Å². The summed E-state index contributed by atoms with van der Waals surface area (Å²) in [5.74, 6) is 0. The van der Waals surface area contributed by atoms with Gasteiger partial charge in [0.1, 0.15) is 0 Å². The van der Waals surface area contributed by atoms with Crippen molar-refractivity contribution in [2.24, 2.45) is 0 Å². The molecule has 0 unspecified atom stereocenters. The fraction of sp³-hybridized carbons (Fsp3) is 1.00. The molecule has 0 N–H and O–H groups in total. The van der Waals surface area contributed by atoms with E-state index in [1.165, 1.54) is 32.6 Å². The summed E-state index contributed by atoms with van der Waals surface area (Å²) in [5.41, 5.74) is 0.379. The lowest BCUT2D eigenvalue weighted by atomic mass is 9.98. The first-order valence-electron chi connectivity index (χ1n) is 6.08. The van der Waals surface area contributed by atoms with Crippen LogP contribution >= 0.6 is 0 Å². The van der Waals surface area contributed by atoms with Gasteiger partial charge < -0.3 is 0 Å². The molecule has 0 spiro atoms. The standard InChI is InChI=1S/C12H27N3/c1-6-12(2,3)15-9-7-14(8-10-15)11-13(4)5/h6-11H2,1-5H3. The van der Waals surface area contributed by atoms with Crippen LogP contribution in [0.25, 0.3) is 0 Å². The Morgan fingerprint density at radius 1 is 1.07 bits per heavy atom. The number of hydrogen-bond donors (Lipinski definition) is 0. The lowest BCUT2D eigenvalue weighted by molar-refractivity contribution is 0.0335. The molecule has 3 heteroatoms. The highest BCUT2D eigenvalue weighted by molar-refractivity contribution is 4.84. The summed E-state index contributed by atoms with van der Waals surface area (Å²) in [7, 11) is 4.28. The molecule has 0 aromatic carbocycles. The SMILES string of the molecule is CCC(C)(C)N1CCN(CN(C)C)CC1. The van der Waals surface area contributed by atoms with Crippen LogP contribution in [-0.4, -0.2) is 67.2 Å². The van der Waals surface area contributed by atoms with Crippen LogP contribution in [0.3, 0.4) is 0 Å². The summed E-state index contributed by atoms with van der Waals surface area (Å²) in [5, 5.41) is 0. The van der Waals surface area contributed by atoms with Crippen LogP contribution in [0.4, 0.5) is 0 Å². The zero-order valence-electron chi connectivity index (χ0n) is 11.1. The molecule has 15 heavy (non-hydrogen) atoms. The summed E-state index contributed by atoms with van der Waals surface area (Å²) in [6, 6.07) is 0. The van der Waals surface area contributed by atoms with Crippen LogP contribution in [-0.2, 0) is 0 Å². The minimum absolute atomic E-state index is 0.379. The number of piperazine rings is 1. The molecule has 90 valence electrons. The third-order valence-electron chi connectivity index (χ3n) is 3.58. The normalized spacial score (nSPS) is 21.2. The van der Waals surface area contributed by atoms with Crippen LogP contribution in [0.1, 0.15) is 27.2 Å². The van der Waals surface area contributed by atoms with Crippen molar-refractivity contribution in [3.8, 4) is 0 Å². The quantitative estimate of drug-likeness (QED) is 0.697. The second-order valence-corrected chi connectivity index (χ2v) is 5.49. The molecule has 0 saturated carbocycles. The highest BCUT2D eigenvalue weighted by Crippen LogP contribution is 2.19. The van der Waals surface area contributed by atoms with Gasteiger partial charge in [-0.2, -0.15) is 0 Å². The van der Waals surface area contributed by atoms with E-state index in [2.05, 4.69) is 49.6 Å². The van der Waals surface area contributed by atoms with Gasteiger partial charge in [-0.15, -0.1) is 0 Å². The highest BCUT2D eigenvalue weighted by Gasteiger charge is 2.27. The van der Waals surface area contributed by atoms with E-state index >= 15 is 0 Å². The Kier molecular flexibility index (Phi) is 4.56. The van der Waals surface area contributed by atoms with Gasteiger partial charge >= 0.3 is 0 Å².